The van der Waals surface area contributed by atoms with Crippen molar-refractivity contribution in [1.29, 1.82) is 5.26 Å². The highest BCUT2D eigenvalue weighted by Gasteiger charge is 2.36. The molecule has 11 heteroatoms. The summed E-state index contributed by atoms with van der Waals surface area (Å²) in [5.41, 5.74) is 6.41. The summed E-state index contributed by atoms with van der Waals surface area (Å²) in [6, 6.07) is 8.63. The van der Waals surface area contributed by atoms with Gasteiger partial charge in [0.15, 0.2) is 5.82 Å². The topological polar surface area (TPSA) is 134 Å². The van der Waals surface area contributed by atoms with Crippen LogP contribution in [0.3, 0.4) is 0 Å². The number of carbonyl (C=O) groups excluding carboxylic acids is 1. The van der Waals surface area contributed by atoms with Crippen LogP contribution in [0.4, 0.5) is 11.5 Å². The largest absolute Gasteiger partial charge is 0.365 e. The smallest absolute Gasteiger partial charge is 0.254 e. The second kappa shape index (κ2) is 8.63. The molecule has 3 atom stereocenters. The van der Waals surface area contributed by atoms with E-state index in [4.69, 9.17) is 17.3 Å². The zero-order chi connectivity index (χ0) is 22.1. The molecule has 1 aromatic heterocycles. The first-order chi connectivity index (χ1) is 14.1. The molecule has 0 radical (unpaired) electrons. The molecule has 3 rings (SSSR count). The maximum atomic E-state index is 11.9. The zero-order valence-electron chi connectivity index (χ0n) is 16.6. The number of benzene rings is 1. The van der Waals surface area contributed by atoms with Gasteiger partial charge in [-0.25, -0.2) is 12.7 Å². The third kappa shape index (κ3) is 4.75. The van der Waals surface area contributed by atoms with Crippen LogP contribution in [0.15, 0.2) is 30.5 Å². The molecule has 0 saturated heterocycles. The van der Waals surface area contributed by atoms with Crippen LogP contribution < -0.4 is 11.1 Å². The second-order valence-electron chi connectivity index (χ2n) is 7.42. The lowest BCUT2D eigenvalue weighted by Crippen LogP contribution is -2.42. The standard InChI is InChI=1S/C19H23ClN6O3S/c1-25(30(2,28)29)15-7-8-17(12(9-15)10-21)26-11-16(18(22)27)19(24-26)23-14-5-3-13(20)4-6-14/h3-6,11-12,15,17H,7-9H2,1-2H3,(H2,22,27)(H,23,24)/t12-,15+,17+/m1/s1. The van der Waals surface area contributed by atoms with Gasteiger partial charge in [-0.15, -0.1) is 0 Å². The summed E-state index contributed by atoms with van der Waals surface area (Å²) in [5.74, 6) is -0.814. The number of sulfonamides is 1. The Bertz CT molecular complexity index is 1080. The monoisotopic (exact) mass is 450 g/mol. The van der Waals surface area contributed by atoms with Crippen molar-refractivity contribution in [2.45, 2.75) is 31.3 Å². The first kappa shape index (κ1) is 22.1. The minimum Gasteiger partial charge on any atom is -0.365 e. The Morgan fingerprint density at radius 2 is 2.03 bits per heavy atom. The number of nitrogens with two attached hydrogens (primary N) is 1. The minimum atomic E-state index is -3.35. The van der Waals surface area contributed by atoms with Gasteiger partial charge < -0.3 is 11.1 Å². The molecule has 30 heavy (non-hydrogen) atoms. The maximum Gasteiger partial charge on any atom is 0.254 e. The quantitative estimate of drug-likeness (QED) is 0.694. The van der Waals surface area contributed by atoms with Crippen molar-refractivity contribution < 1.29 is 13.2 Å². The summed E-state index contributed by atoms with van der Waals surface area (Å²) in [7, 11) is -1.82. The average Bonchev–Trinajstić information content (AvgIpc) is 3.11. The number of nitrogens with one attached hydrogen (secondary N) is 1. The summed E-state index contributed by atoms with van der Waals surface area (Å²) < 4.78 is 26.6. The lowest BCUT2D eigenvalue weighted by atomic mass is 9.82. The molecule has 1 heterocycles. The number of carbonyl (C=O) groups is 1. The highest BCUT2D eigenvalue weighted by Crippen LogP contribution is 2.37. The lowest BCUT2D eigenvalue weighted by molar-refractivity contribution is 0.100. The fraction of sp³-hybridized carbons (Fsp3) is 0.421. The molecule has 0 aliphatic heterocycles. The van der Waals surface area contributed by atoms with Crippen molar-refractivity contribution in [1.82, 2.24) is 14.1 Å². The van der Waals surface area contributed by atoms with Crippen LogP contribution >= 0.6 is 11.6 Å². The molecule has 1 amide bonds. The van der Waals surface area contributed by atoms with Gasteiger partial charge in [0, 0.05) is 30.0 Å². The number of primary amides is 1. The number of amides is 1. The predicted molar refractivity (Wildman–Crippen MR) is 114 cm³/mol. The summed E-state index contributed by atoms with van der Waals surface area (Å²) in [6.07, 6.45) is 4.20. The Morgan fingerprint density at radius 1 is 1.37 bits per heavy atom. The van der Waals surface area contributed by atoms with Crippen LogP contribution in [0.1, 0.15) is 35.7 Å². The van der Waals surface area contributed by atoms with E-state index in [0.29, 0.717) is 30.0 Å². The van der Waals surface area contributed by atoms with Crippen molar-refractivity contribution in [3.05, 3.63) is 41.0 Å². The Balaban J connectivity index is 1.85. The Labute approximate surface area is 180 Å². The van der Waals surface area contributed by atoms with Crippen LogP contribution in [0.5, 0.6) is 0 Å². The van der Waals surface area contributed by atoms with Crippen molar-refractivity contribution in [2.75, 3.05) is 18.6 Å². The fourth-order valence-corrected chi connectivity index (χ4v) is 4.55. The number of aromatic nitrogens is 2. The molecule has 1 aliphatic rings. The predicted octanol–water partition coefficient (Wildman–Crippen LogP) is 2.50. The normalized spacial score (nSPS) is 21.9. The van der Waals surface area contributed by atoms with E-state index in [1.54, 1.807) is 28.9 Å². The number of hydrogen-bond donors (Lipinski definition) is 2. The number of rotatable bonds is 6. The fourth-order valence-electron chi connectivity index (χ4n) is 3.69. The van der Waals surface area contributed by atoms with Crippen molar-refractivity contribution in [3.63, 3.8) is 0 Å². The van der Waals surface area contributed by atoms with Gasteiger partial charge in [-0.05, 0) is 43.5 Å². The third-order valence-corrected chi connectivity index (χ3v) is 7.03. The van der Waals surface area contributed by atoms with E-state index in [0.717, 1.165) is 6.26 Å². The van der Waals surface area contributed by atoms with Crippen LogP contribution in [0.25, 0.3) is 0 Å². The SMILES string of the molecule is CN([C@H]1CC[C@H](n2cc(C(N)=O)c(Nc3ccc(Cl)cc3)n2)[C@@H](C#N)C1)S(C)(=O)=O. The second-order valence-corrected chi connectivity index (χ2v) is 9.89. The summed E-state index contributed by atoms with van der Waals surface area (Å²) in [5, 5.41) is 17.8. The maximum absolute atomic E-state index is 11.9. The molecular formula is C19H23ClN6O3S. The van der Waals surface area contributed by atoms with Crippen LogP contribution in [-0.2, 0) is 10.0 Å². The number of nitriles is 1. The molecule has 3 N–H and O–H groups in total. The van der Waals surface area contributed by atoms with Gasteiger partial charge in [-0.2, -0.15) is 10.4 Å². The van der Waals surface area contributed by atoms with Crippen LogP contribution in [0.2, 0.25) is 5.02 Å². The molecule has 1 saturated carbocycles. The summed E-state index contributed by atoms with van der Waals surface area (Å²) in [4.78, 5) is 11.9. The van der Waals surface area contributed by atoms with Gasteiger partial charge in [0.05, 0.1) is 24.3 Å². The van der Waals surface area contributed by atoms with E-state index in [2.05, 4.69) is 16.5 Å². The number of halogens is 1. The van der Waals surface area contributed by atoms with Gasteiger partial charge in [-0.1, -0.05) is 11.6 Å². The van der Waals surface area contributed by atoms with Gasteiger partial charge in [0.2, 0.25) is 10.0 Å². The summed E-state index contributed by atoms with van der Waals surface area (Å²) in [6.45, 7) is 0. The highest BCUT2D eigenvalue weighted by molar-refractivity contribution is 7.88. The van der Waals surface area contributed by atoms with Crippen LogP contribution in [-0.4, -0.2) is 47.8 Å². The van der Waals surface area contributed by atoms with E-state index in [1.807, 2.05) is 0 Å². The minimum absolute atomic E-state index is 0.206. The van der Waals surface area contributed by atoms with Gasteiger partial charge in [0.1, 0.15) is 5.56 Å². The molecule has 1 fully saturated rings. The van der Waals surface area contributed by atoms with E-state index >= 15 is 0 Å². The third-order valence-electron chi connectivity index (χ3n) is 5.43. The number of anilines is 2. The van der Waals surface area contributed by atoms with Crippen LogP contribution in [0, 0.1) is 17.2 Å². The first-order valence-electron chi connectivity index (χ1n) is 9.34. The van der Waals surface area contributed by atoms with Crippen molar-refractivity contribution in [2.24, 2.45) is 11.7 Å². The zero-order valence-corrected chi connectivity index (χ0v) is 18.2. The Kier molecular flexibility index (Phi) is 6.36. The van der Waals surface area contributed by atoms with E-state index in [-0.39, 0.29) is 23.5 Å². The van der Waals surface area contributed by atoms with Gasteiger partial charge in [-0.3, -0.25) is 9.48 Å². The van der Waals surface area contributed by atoms with Crippen molar-refractivity contribution >= 4 is 39.0 Å². The Morgan fingerprint density at radius 3 is 2.60 bits per heavy atom. The summed E-state index contributed by atoms with van der Waals surface area (Å²) >= 11 is 5.90. The molecule has 160 valence electrons. The molecule has 0 bridgehead atoms. The molecule has 9 nitrogen and oxygen atoms in total. The first-order valence-corrected chi connectivity index (χ1v) is 11.6. The van der Waals surface area contributed by atoms with E-state index < -0.39 is 21.8 Å². The van der Waals surface area contributed by atoms with Gasteiger partial charge in [0.25, 0.3) is 5.91 Å². The van der Waals surface area contributed by atoms with E-state index in [9.17, 15) is 18.5 Å². The average molecular weight is 451 g/mol. The molecule has 1 aliphatic carbocycles. The lowest BCUT2D eigenvalue weighted by Gasteiger charge is -2.36. The molecule has 0 spiro atoms. The van der Waals surface area contributed by atoms with E-state index in [1.165, 1.54) is 17.5 Å². The molecule has 2 aromatic rings. The molecule has 0 unspecified atom stereocenters. The number of nitrogens with zero attached hydrogens (tertiary/aromatic N) is 4. The van der Waals surface area contributed by atoms with Crippen molar-refractivity contribution in [3.8, 4) is 6.07 Å². The molecular weight excluding hydrogens is 428 g/mol. The van der Waals surface area contributed by atoms with Gasteiger partial charge >= 0.3 is 0 Å². The highest BCUT2D eigenvalue weighted by atomic mass is 35.5. The molecule has 1 aromatic carbocycles. The Hall–Kier alpha value is -2.61. The number of hydrogen-bond acceptors (Lipinski definition) is 6.